The van der Waals surface area contributed by atoms with Crippen molar-refractivity contribution in [3.63, 3.8) is 0 Å². The van der Waals surface area contributed by atoms with Crippen LogP contribution in [0.4, 0.5) is 0 Å². The summed E-state index contributed by atoms with van der Waals surface area (Å²) in [4.78, 5) is 14.6. The molecular formula is C16H21N3O4S. The number of rotatable bonds is 3. The fourth-order valence-electron chi connectivity index (χ4n) is 3.36. The lowest BCUT2D eigenvalue weighted by Crippen LogP contribution is -2.30. The Balaban J connectivity index is 1.93. The van der Waals surface area contributed by atoms with E-state index in [-0.39, 0.29) is 22.8 Å². The van der Waals surface area contributed by atoms with Crippen LogP contribution in [0.1, 0.15) is 46.4 Å². The van der Waals surface area contributed by atoms with Crippen molar-refractivity contribution in [3.05, 3.63) is 34.8 Å². The molecule has 7 nitrogen and oxygen atoms in total. The molecule has 24 heavy (non-hydrogen) atoms. The van der Waals surface area contributed by atoms with Crippen molar-refractivity contribution in [2.45, 2.75) is 37.8 Å². The summed E-state index contributed by atoms with van der Waals surface area (Å²) in [7, 11) is -1.58. The van der Waals surface area contributed by atoms with Gasteiger partial charge in [-0.05, 0) is 38.8 Å². The van der Waals surface area contributed by atoms with E-state index in [4.69, 9.17) is 4.42 Å². The molecule has 2 aromatic rings. The first kappa shape index (κ1) is 16.8. The van der Waals surface area contributed by atoms with Gasteiger partial charge in [-0.2, -0.15) is 5.10 Å². The molecule has 3 rings (SSSR count). The van der Waals surface area contributed by atoms with Gasteiger partial charge in [-0.25, -0.2) is 8.42 Å². The fourth-order valence-corrected chi connectivity index (χ4v) is 3.91. The number of carbonyl (C=O) groups is 1. The zero-order chi connectivity index (χ0) is 17.6. The molecule has 1 saturated heterocycles. The van der Waals surface area contributed by atoms with Crippen LogP contribution in [0.25, 0.3) is 0 Å². The van der Waals surface area contributed by atoms with Gasteiger partial charge in [0.1, 0.15) is 0 Å². The van der Waals surface area contributed by atoms with E-state index in [1.807, 2.05) is 25.6 Å². The quantitative estimate of drug-likeness (QED) is 0.844. The minimum absolute atomic E-state index is 0.0570. The number of carbonyl (C=O) groups excluding carboxylic acids is 1. The Kier molecular flexibility index (Phi) is 4.03. The first-order valence-electron chi connectivity index (χ1n) is 7.81. The topological polar surface area (TPSA) is 85.4 Å². The monoisotopic (exact) mass is 351 g/mol. The zero-order valence-electron chi connectivity index (χ0n) is 14.2. The standard InChI is InChI=1S/C16H21N3O4S/c1-10-15(11(2)18(3)17-10)12-6-5-9-19(12)16(20)13-7-8-14(23-13)24(4,21)22/h7-8,12H,5-6,9H2,1-4H3. The highest BCUT2D eigenvalue weighted by atomic mass is 32.2. The van der Waals surface area contributed by atoms with Gasteiger partial charge >= 0.3 is 0 Å². The maximum absolute atomic E-state index is 12.8. The number of likely N-dealkylation sites (tertiary alicyclic amines) is 1. The summed E-state index contributed by atoms with van der Waals surface area (Å²) in [6.07, 6.45) is 2.81. The molecule has 0 radical (unpaired) electrons. The Morgan fingerprint density at radius 2 is 2.04 bits per heavy atom. The van der Waals surface area contributed by atoms with Gasteiger partial charge in [0.2, 0.25) is 14.9 Å². The molecular weight excluding hydrogens is 330 g/mol. The Morgan fingerprint density at radius 3 is 2.58 bits per heavy atom. The fraction of sp³-hybridized carbons (Fsp3) is 0.500. The number of aryl methyl sites for hydroxylation is 2. The molecule has 1 aliphatic heterocycles. The van der Waals surface area contributed by atoms with E-state index in [0.717, 1.165) is 36.0 Å². The highest BCUT2D eigenvalue weighted by Crippen LogP contribution is 2.36. The first-order valence-corrected chi connectivity index (χ1v) is 9.70. The van der Waals surface area contributed by atoms with Crippen molar-refractivity contribution < 1.29 is 17.6 Å². The number of hydrogen-bond acceptors (Lipinski definition) is 5. The van der Waals surface area contributed by atoms with Crippen molar-refractivity contribution in [2.75, 3.05) is 12.8 Å². The molecule has 1 aliphatic rings. The van der Waals surface area contributed by atoms with Gasteiger partial charge in [0.05, 0.1) is 11.7 Å². The van der Waals surface area contributed by atoms with E-state index in [1.165, 1.54) is 12.1 Å². The largest absolute Gasteiger partial charge is 0.440 e. The summed E-state index contributed by atoms with van der Waals surface area (Å²) in [6, 6.07) is 2.70. The number of furan rings is 1. The molecule has 0 bridgehead atoms. The summed E-state index contributed by atoms with van der Waals surface area (Å²) in [5, 5.41) is 4.25. The molecule has 130 valence electrons. The van der Waals surface area contributed by atoms with E-state index in [0.29, 0.717) is 6.54 Å². The lowest BCUT2D eigenvalue weighted by atomic mass is 10.0. The second-order valence-corrected chi connectivity index (χ2v) is 8.20. The average Bonchev–Trinajstić information content (AvgIpc) is 3.19. The van der Waals surface area contributed by atoms with Crippen molar-refractivity contribution in [1.29, 1.82) is 0 Å². The van der Waals surface area contributed by atoms with Crippen molar-refractivity contribution >= 4 is 15.7 Å². The van der Waals surface area contributed by atoms with Crippen LogP contribution in [0.15, 0.2) is 21.6 Å². The first-order chi connectivity index (χ1) is 11.2. The molecule has 1 unspecified atom stereocenters. The van der Waals surface area contributed by atoms with Crippen molar-refractivity contribution in [1.82, 2.24) is 14.7 Å². The van der Waals surface area contributed by atoms with Crippen LogP contribution in [0.3, 0.4) is 0 Å². The maximum atomic E-state index is 12.8. The van der Waals surface area contributed by atoms with E-state index in [1.54, 1.807) is 4.90 Å². The van der Waals surface area contributed by atoms with Crippen LogP contribution >= 0.6 is 0 Å². The van der Waals surface area contributed by atoms with E-state index < -0.39 is 9.84 Å². The molecule has 0 saturated carbocycles. The Hall–Kier alpha value is -2.09. The number of hydrogen-bond donors (Lipinski definition) is 0. The van der Waals surface area contributed by atoms with Crippen molar-refractivity contribution in [3.8, 4) is 0 Å². The highest BCUT2D eigenvalue weighted by molar-refractivity contribution is 7.90. The molecule has 1 amide bonds. The average molecular weight is 351 g/mol. The Labute approximate surface area is 141 Å². The minimum Gasteiger partial charge on any atom is -0.440 e. The molecule has 3 heterocycles. The maximum Gasteiger partial charge on any atom is 0.290 e. The van der Waals surface area contributed by atoms with Crippen LogP contribution in [0, 0.1) is 13.8 Å². The summed E-state index contributed by atoms with van der Waals surface area (Å²) in [5.41, 5.74) is 3.02. The molecule has 0 aliphatic carbocycles. The molecule has 0 spiro atoms. The number of aromatic nitrogens is 2. The van der Waals surface area contributed by atoms with Crippen molar-refractivity contribution in [2.24, 2.45) is 7.05 Å². The Bertz CT molecular complexity index is 895. The number of sulfone groups is 1. The number of nitrogens with zero attached hydrogens (tertiary/aromatic N) is 3. The SMILES string of the molecule is Cc1nn(C)c(C)c1C1CCCN1C(=O)c1ccc(S(C)(=O)=O)o1. The lowest BCUT2D eigenvalue weighted by Gasteiger charge is -2.24. The van der Waals surface area contributed by atoms with Crippen LogP contribution in [-0.4, -0.2) is 41.8 Å². The number of amides is 1. The van der Waals surface area contributed by atoms with E-state index in [9.17, 15) is 13.2 Å². The van der Waals surface area contributed by atoms with Crippen LogP contribution in [0.2, 0.25) is 0 Å². The minimum atomic E-state index is -3.47. The molecule has 0 N–H and O–H groups in total. The van der Waals surface area contributed by atoms with Gasteiger partial charge in [0.15, 0.2) is 5.76 Å². The van der Waals surface area contributed by atoms with Gasteiger partial charge < -0.3 is 9.32 Å². The van der Waals surface area contributed by atoms with Gasteiger partial charge in [-0.3, -0.25) is 9.48 Å². The lowest BCUT2D eigenvalue weighted by molar-refractivity contribution is 0.0697. The normalized spacial score (nSPS) is 18.3. The second kappa shape index (κ2) is 5.77. The van der Waals surface area contributed by atoms with Gasteiger partial charge in [-0.1, -0.05) is 0 Å². The predicted octanol–water partition coefficient (Wildman–Crippen LogP) is 2.01. The van der Waals surface area contributed by atoms with Gasteiger partial charge in [0.25, 0.3) is 5.91 Å². The summed E-state index contributed by atoms with van der Waals surface area (Å²) < 4.78 is 30.2. The molecule has 2 aromatic heterocycles. The smallest absolute Gasteiger partial charge is 0.290 e. The summed E-state index contributed by atoms with van der Waals surface area (Å²) >= 11 is 0. The van der Waals surface area contributed by atoms with Crippen LogP contribution in [-0.2, 0) is 16.9 Å². The van der Waals surface area contributed by atoms with E-state index >= 15 is 0 Å². The summed E-state index contributed by atoms with van der Waals surface area (Å²) in [6.45, 7) is 4.55. The molecule has 0 aromatic carbocycles. The molecule has 1 atom stereocenters. The Morgan fingerprint density at radius 1 is 1.33 bits per heavy atom. The van der Waals surface area contributed by atoms with Gasteiger partial charge in [0, 0.05) is 31.1 Å². The third-order valence-corrected chi connectivity index (χ3v) is 5.52. The van der Waals surface area contributed by atoms with Gasteiger partial charge in [-0.15, -0.1) is 0 Å². The predicted molar refractivity (Wildman–Crippen MR) is 87.5 cm³/mol. The third kappa shape index (κ3) is 2.75. The molecule has 1 fully saturated rings. The third-order valence-electron chi connectivity index (χ3n) is 4.57. The zero-order valence-corrected chi connectivity index (χ0v) is 15.1. The summed E-state index contributed by atoms with van der Waals surface area (Å²) in [5.74, 6) is -0.225. The van der Waals surface area contributed by atoms with E-state index in [2.05, 4.69) is 5.10 Å². The molecule has 8 heteroatoms. The van der Waals surface area contributed by atoms with Crippen LogP contribution in [0.5, 0.6) is 0 Å². The highest BCUT2D eigenvalue weighted by Gasteiger charge is 2.35. The second-order valence-electron chi connectivity index (χ2n) is 6.26. The van der Waals surface area contributed by atoms with Crippen LogP contribution < -0.4 is 0 Å².